The van der Waals surface area contributed by atoms with Crippen molar-refractivity contribution in [3.63, 3.8) is 0 Å². The number of aromatic nitrogens is 2. The molecule has 0 amide bonds. The van der Waals surface area contributed by atoms with E-state index in [4.69, 9.17) is 10.5 Å². The highest BCUT2D eigenvalue weighted by Crippen LogP contribution is 2.26. The van der Waals surface area contributed by atoms with Crippen LogP contribution in [-0.4, -0.2) is 16.9 Å². The standard InChI is InChI=1S/C11H11Br2N3O/c1-17-10-3-2-7(4-8(10)12)5-16-6-9(13)11(14)15-16/h2-4,6H,5H2,1H3,(H2,14,15). The molecular weight excluding hydrogens is 350 g/mol. The number of anilines is 1. The molecule has 17 heavy (non-hydrogen) atoms. The first-order valence-electron chi connectivity index (χ1n) is 4.91. The molecule has 1 aromatic carbocycles. The Morgan fingerprint density at radius 2 is 2.12 bits per heavy atom. The van der Waals surface area contributed by atoms with Gasteiger partial charge < -0.3 is 10.5 Å². The smallest absolute Gasteiger partial charge is 0.159 e. The first-order valence-corrected chi connectivity index (χ1v) is 6.49. The predicted octanol–water partition coefficient (Wildman–Crippen LogP) is 3.05. The average molecular weight is 361 g/mol. The topological polar surface area (TPSA) is 53.1 Å². The molecule has 90 valence electrons. The minimum Gasteiger partial charge on any atom is -0.496 e. The van der Waals surface area contributed by atoms with Crippen molar-refractivity contribution in [2.75, 3.05) is 12.8 Å². The Labute approximate surface area is 116 Å². The number of methoxy groups -OCH3 is 1. The summed E-state index contributed by atoms with van der Waals surface area (Å²) in [5.41, 5.74) is 6.78. The summed E-state index contributed by atoms with van der Waals surface area (Å²) in [7, 11) is 1.64. The third kappa shape index (κ3) is 2.81. The lowest BCUT2D eigenvalue weighted by Gasteiger charge is -2.06. The van der Waals surface area contributed by atoms with Gasteiger partial charge in [-0.15, -0.1) is 0 Å². The van der Waals surface area contributed by atoms with E-state index in [1.54, 1.807) is 11.8 Å². The van der Waals surface area contributed by atoms with Crippen molar-refractivity contribution in [2.45, 2.75) is 6.54 Å². The molecule has 4 nitrogen and oxygen atoms in total. The van der Waals surface area contributed by atoms with Crippen molar-refractivity contribution in [3.8, 4) is 5.75 Å². The third-order valence-corrected chi connectivity index (χ3v) is 3.53. The maximum Gasteiger partial charge on any atom is 0.159 e. The molecule has 0 aliphatic rings. The average Bonchev–Trinajstić information content (AvgIpc) is 2.58. The molecule has 0 spiro atoms. The summed E-state index contributed by atoms with van der Waals surface area (Å²) >= 11 is 6.78. The summed E-state index contributed by atoms with van der Waals surface area (Å²) in [6.07, 6.45) is 1.85. The molecular formula is C11H11Br2N3O. The number of benzene rings is 1. The van der Waals surface area contributed by atoms with E-state index in [9.17, 15) is 0 Å². The fourth-order valence-corrected chi connectivity index (χ4v) is 2.39. The predicted molar refractivity (Wildman–Crippen MR) is 74.1 cm³/mol. The van der Waals surface area contributed by atoms with Crippen LogP contribution in [0, 0.1) is 0 Å². The van der Waals surface area contributed by atoms with E-state index in [0.717, 1.165) is 20.3 Å². The Bertz CT molecular complexity index is 520. The fraction of sp³-hybridized carbons (Fsp3) is 0.182. The van der Waals surface area contributed by atoms with Gasteiger partial charge in [-0.05, 0) is 49.6 Å². The van der Waals surface area contributed by atoms with Gasteiger partial charge in [-0.25, -0.2) is 0 Å². The third-order valence-electron chi connectivity index (χ3n) is 2.30. The Kier molecular flexibility index (Phi) is 3.73. The molecule has 0 bridgehead atoms. The highest BCUT2D eigenvalue weighted by atomic mass is 79.9. The quantitative estimate of drug-likeness (QED) is 0.915. The van der Waals surface area contributed by atoms with Crippen LogP contribution in [0.15, 0.2) is 33.3 Å². The molecule has 0 atom stereocenters. The maximum absolute atomic E-state index is 5.66. The van der Waals surface area contributed by atoms with E-state index >= 15 is 0 Å². The second-order valence-electron chi connectivity index (χ2n) is 3.53. The monoisotopic (exact) mass is 359 g/mol. The molecule has 0 aliphatic heterocycles. The van der Waals surface area contributed by atoms with Crippen LogP contribution in [0.4, 0.5) is 5.82 Å². The zero-order valence-electron chi connectivity index (χ0n) is 9.15. The second-order valence-corrected chi connectivity index (χ2v) is 5.24. The van der Waals surface area contributed by atoms with E-state index < -0.39 is 0 Å². The number of nitrogens with two attached hydrogens (primary N) is 1. The summed E-state index contributed by atoms with van der Waals surface area (Å²) in [5, 5.41) is 4.18. The lowest BCUT2D eigenvalue weighted by molar-refractivity contribution is 0.412. The van der Waals surface area contributed by atoms with Crippen LogP contribution in [0.25, 0.3) is 0 Å². The van der Waals surface area contributed by atoms with Crippen LogP contribution in [-0.2, 0) is 6.54 Å². The summed E-state index contributed by atoms with van der Waals surface area (Å²) < 4.78 is 8.70. The SMILES string of the molecule is COc1ccc(Cn2cc(Br)c(N)n2)cc1Br. The Hall–Kier alpha value is -1.01. The summed E-state index contributed by atoms with van der Waals surface area (Å²) in [6, 6.07) is 5.92. The summed E-state index contributed by atoms with van der Waals surface area (Å²) in [5.74, 6) is 1.31. The van der Waals surface area contributed by atoms with Gasteiger partial charge in [0.2, 0.25) is 0 Å². The first kappa shape index (κ1) is 12.4. The fourth-order valence-electron chi connectivity index (χ4n) is 1.49. The zero-order chi connectivity index (χ0) is 12.4. The number of hydrogen-bond donors (Lipinski definition) is 1. The highest BCUT2D eigenvalue weighted by Gasteiger charge is 2.05. The van der Waals surface area contributed by atoms with Crippen LogP contribution in [0.5, 0.6) is 5.75 Å². The van der Waals surface area contributed by atoms with Gasteiger partial charge in [-0.2, -0.15) is 5.10 Å². The molecule has 0 unspecified atom stereocenters. The lowest BCUT2D eigenvalue weighted by atomic mass is 10.2. The molecule has 0 saturated heterocycles. The molecule has 0 aliphatic carbocycles. The molecule has 1 aromatic heterocycles. The first-order chi connectivity index (χ1) is 8.10. The van der Waals surface area contributed by atoms with E-state index in [1.165, 1.54) is 0 Å². The molecule has 2 aromatic rings. The van der Waals surface area contributed by atoms with Crippen LogP contribution in [0.1, 0.15) is 5.56 Å². The minimum absolute atomic E-state index is 0.498. The normalized spacial score (nSPS) is 10.5. The number of rotatable bonds is 3. The minimum atomic E-state index is 0.498. The van der Waals surface area contributed by atoms with Crippen LogP contribution in [0.2, 0.25) is 0 Å². The maximum atomic E-state index is 5.66. The van der Waals surface area contributed by atoms with Crippen LogP contribution >= 0.6 is 31.9 Å². The highest BCUT2D eigenvalue weighted by molar-refractivity contribution is 9.11. The summed E-state index contributed by atoms with van der Waals surface area (Å²) in [6.45, 7) is 0.665. The lowest BCUT2D eigenvalue weighted by Crippen LogP contribution is -2.01. The molecule has 0 radical (unpaired) electrons. The van der Waals surface area contributed by atoms with E-state index in [0.29, 0.717) is 12.4 Å². The molecule has 2 rings (SSSR count). The van der Waals surface area contributed by atoms with Crippen molar-refractivity contribution in [2.24, 2.45) is 0 Å². The second kappa shape index (κ2) is 5.10. The van der Waals surface area contributed by atoms with Gasteiger partial charge in [0.1, 0.15) is 5.75 Å². The molecule has 2 N–H and O–H groups in total. The Morgan fingerprint density at radius 1 is 1.35 bits per heavy atom. The largest absolute Gasteiger partial charge is 0.496 e. The molecule has 0 saturated carbocycles. The molecule has 0 fully saturated rings. The van der Waals surface area contributed by atoms with Crippen LogP contribution < -0.4 is 10.5 Å². The number of halogens is 2. The zero-order valence-corrected chi connectivity index (χ0v) is 12.3. The molecule has 6 heteroatoms. The van der Waals surface area contributed by atoms with Crippen molar-refractivity contribution >= 4 is 37.7 Å². The van der Waals surface area contributed by atoms with Crippen molar-refractivity contribution < 1.29 is 4.74 Å². The number of nitrogen functional groups attached to an aromatic ring is 1. The van der Waals surface area contributed by atoms with E-state index in [2.05, 4.69) is 37.0 Å². The van der Waals surface area contributed by atoms with Gasteiger partial charge in [0.15, 0.2) is 5.82 Å². The molecule has 1 heterocycles. The van der Waals surface area contributed by atoms with Crippen LogP contribution in [0.3, 0.4) is 0 Å². The van der Waals surface area contributed by atoms with Gasteiger partial charge in [-0.3, -0.25) is 4.68 Å². The number of ether oxygens (including phenoxy) is 1. The summed E-state index contributed by atoms with van der Waals surface area (Å²) in [4.78, 5) is 0. The van der Waals surface area contributed by atoms with Gasteiger partial charge in [0, 0.05) is 6.20 Å². The van der Waals surface area contributed by atoms with Gasteiger partial charge in [0.05, 0.1) is 22.6 Å². The van der Waals surface area contributed by atoms with Gasteiger partial charge >= 0.3 is 0 Å². The Morgan fingerprint density at radius 3 is 2.65 bits per heavy atom. The van der Waals surface area contributed by atoms with Crippen molar-refractivity contribution in [1.29, 1.82) is 0 Å². The Balaban J connectivity index is 2.21. The van der Waals surface area contributed by atoms with E-state index in [1.807, 2.05) is 24.4 Å². The van der Waals surface area contributed by atoms with Crippen molar-refractivity contribution in [1.82, 2.24) is 9.78 Å². The van der Waals surface area contributed by atoms with Gasteiger partial charge in [-0.1, -0.05) is 6.07 Å². The van der Waals surface area contributed by atoms with E-state index in [-0.39, 0.29) is 0 Å². The van der Waals surface area contributed by atoms with Crippen molar-refractivity contribution in [3.05, 3.63) is 38.9 Å². The number of hydrogen-bond acceptors (Lipinski definition) is 3. The van der Waals surface area contributed by atoms with Gasteiger partial charge in [0.25, 0.3) is 0 Å². The number of nitrogens with zero attached hydrogens (tertiary/aromatic N) is 2.